The van der Waals surface area contributed by atoms with Gasteiger partial charge in [0.05, 0.1) is 6.61 Å². The fourth-order valence-electron chi connectivity index (χ4n) is 1.93. The first-order valence-electron chi connectivity index (χ1n) is 5.46. The van der Waals surface area contributed by atoms with Crippen molar-refractivity contribution in [3.63, 3.8) is 0 Å². The number of fused-ring (bicyclic) bond motifs is 1. The molecule has 3 rings (SSSR count). The van der Waals surface area contributed by atoms with Gasteiger partial charge in [0, 0.05) is 0 Å². The third kappa shape index (κ3) is 1.85. The van der Waals surface area contributed by atoms with Crippen LogP contribution in [0.15, 0.2) is 42.5 Å². The first kappa shape index (κ1) is 10.2. The van der Waals surface area contributed by atoms with Crippen molar-refractivity contribution in [2.45, 2.75) is 6.61 Å². The minimum absolute atomic E-state index is 0.0540. The summed E-state index contributed by atoms with van der Waals surface area (Å²) in [5, 5.41) is 9.12. The summed E-state index contributed by atoms with van der Waals surface area (Å²) < 4.78 is 10.6. The highest BCUT2D eigenvalue weighted by molar-refractivity contribution is 5.68. The molecule has 0 unspecified atom stereocenters. The number of hydrogen-bond donors (Lipinski definition) is 1. The van der Waals surface area contributed by atoms with Gasteiger partial charge in [-0.2, -0.15) is 0 Å². The average Bonchev–Trinajstić information content (AvgIpc) is 2.86. The lowest BCUT2D eigenvalue weighted by atomic mass is 10.0. The van der Waals surface area contributed by atoms with Crippen LogP contribution in [-0.2, 0) is 6.61 Å². The van der Waals surface area contributed by atoms with E-state index < -0.39 is 0 Å². The van der Waals surface area contributed by atoms with Crippen molar-refractivity contribution in [3.8, 4) is 22.6 Å². The van der Waals surface area contributed by atoms with E-state index in [0.717, 1.165) is 28.2 Å². The van der Waals surface area contributed by atoms with E-state index in [1.54, 1.807) is 0 Å². The van der Waals surface area contributed by atoms with E-state index in [4.69, 9.17) is 14.6 Å². The highest BCUT2D eigenvalue weighted by Gasteiger charge is 2.13. The molecule has 0 saturated carbocycles. The lowest BCUT2D eigenvalue weighted by Crippen LogP contribution is -1.92. The molecule has 0 aliphatic carbocycles. The molecule has 86 valence electrons. The van der Waals surface area contributed by atoms with Crippen molar-refractivity contribution in [2.24, 2.45) is 0 Å². The maximum absolute atomic E-state index is 9.12. The van der Waals surface area contributed by atoms with Gasteiger partial charge >= 0.3 is 0 Å². The van der Waals surface area contributed by atoms with Crippen LogP contribution in [0, 0.1) is 0 Å². The number of rotatable bonds is 2. The topological polar surface area (TPSA) is 38.7 Å². The maximum atomic E-state index is 9.12. The molecular formula is C14H12O3. The third-order valence-corrected chi connectivity index (χ3v) is 2.82. The molecule has 3 nitrogen and oxygen atoms in total. The second-order valence-corrected chi connectivity index (χ2v) is 3.93. The minimum Gasteiger partial charge on any atom is -0.454 e. The van der Waals surface area contributed by atoms with Gasteiger partial charge in [-0.3, -0.25) is 0 Å². The first-order chi connectivity index (χ1) is 8.36. The zero-order chi connectivity index (χ0) is 11.7. The third-order valence-electron chi connectivity index (χ3n) is 2.82. The molecule has 0 aromatic heterocycles. The van der Waals surface area contributed by atoms with Crippen LogP contribution in [0.1, 0.15) is 5.56 Å². The van der Waals surface area contributed by atoms with Crippen LogP contribution in [0.3, 0.4) is 0 Å². The highest BCUT2D eigenvalue weighted by atomic mass is 16.7. The second kappa shape index (κ2) is 4.11. The van der Waals surface area contributed by atoms with Crippen molar-refractivity contribution >= 4 is 0 Å². The molecular weight excluding hydrogens is 216 g/mol. The number of aliphatic hydroxyl groups excluding tert-OH is 1. The fraction of sp³-hybridized carbons (Fsp3) is 0.143. The fourth-order valence-corrected chi connectivity index (χ4v) is 1.93. The smallest absolute Gasteiger partial charge is 0.231 e. The van der Waals surface area contributed by atoms with Gasteiger partial charge in [-0.05, 0) is 34.9 Å². The Morgan fingerprint density at radius 3 is 2.65 bits per heavy atom. The van der Waals surface area contributed by atoms with Gasteiger partial charge in [-0.1, -0.05) is 24.3 Å². The summed E-state index contributed by atoms with van der Waals surface area (Å²) in [6, 6.07) is 13.7. The molecule has 0 bridgehead atoms. The van der Waals surface area contributed by atoms with Gasteiger partial charge < -0.3 is 14.6 Å². The predicted octanol–water partition coefficient (Wildman–Crippen LogP) is 2.57. The molecule has 1 heterocycles. The van der Waals surface area contributed by atoms with Crippen LogP contribution in [0.2, 0.25) is 0 Å². The molecule has 2 aromatic carbocycles. The Labute approximate surface area is 99.2 Å². The van der Waals surface area contributed by atoms with E-state index in [-0.39, 0.29) is 13.4 Å². The SMILES string of the molecule is OCc1cccc(-c2ccc3c(c2)OCO3)c1. The largest absolute Gasteiger partial charge is 0.454 e. The van der Waals surface area contributed by atoms with Crippen LogP contribution in [-0.4, -0.2) is 11.9 Å². The summed E-state index contributed by atoms with van der Waals surface area (Å²) in [5.74, 6) is 1.56. The number of ether oxygens (including phenoxy) is 2. The van der Waals surface area contributed by atoms with Gasteiger partial charge in [-0.25, -0.2) is 0 Å². The van der Waals surface area contributed by atoms with Gasteiger partial charge in [-0.15, -0.1) is 0 Å². The summed E-state index contributed by atoms with van der Waals surface area (Å²) in [5.41, 5.74) is 3.03. The van der Waals surface area contributed by atoms with Crippen molar-refractivity contribution in [2.75, 3.05) is 6.79 Å². The molecule has 0 spiro atoms. The second-order valence-electron chi connectivity index (χ2n) is 3.93. The molecule has 1 aliphatic heterocycles. The molecule has 0 fully saturated rings. The van der Waals surface area contributed by atoms with Crippen LogP contribution in [0.25, 0.3) is 11.1 Å². The minimum atomic E-state index is 0.0540. The average molecular weight is 228 g/mol. The zero-order valence-corrected chi connectivity index (χ0v) is 9.22. The van der Waals surface area contributed by atoms with Crippen LogP contribution < -0.4 is 9.47 Å². The van der Waals surface area contributed by atoms with Crippen molar-refractivity contribution < 1.29 is 14.6 Å². The summed E-state index contributed by atoms with van der Waals surface area (Å²) in [7, 11) is 0. The lowest BCUT2D eigenvalue weighted by Gasteiger charge is -2.05. The van der Waals surface area contributed by atoms with Gasteiger partial charge in [0.2, 0.25) is 6.79 Å². The van der Waals surface area contributed by atoms with E-state index >= 15 is 0 Å². The number of hydrogen-bond acceptors (Lipinski definition) is 3. The van der Waals surface area contributed by atoms with Crippen LogP contribution in [0.4, 0.5) is 0 Å². The Morgan fingerprint density at radius 2 is 1.76 bits per heavy atom. The number of benzene rings is 2. The van der Waals surface area contributed by atoms with E-state index in [1.807, 2.05) is 42.5 Å². The predicted molar refractivity (Wildman–Crippen MR) is 63.9 cm³/mol. The lowest BCUT2D eigenvalue weighted by molar-refractivity contribution is 0.174. The van der Waals surface area contributed by atoms with Crippen LogP contribution >= 0.6 is 0 Å². The molecule has 0 radical (unpaired) electrons. The molecule has 0 saturated heterocycles. The Balaban J connectivity index is 2.03. The molecule has 1 N–H and O–H groups in total. The van der Waals surface area contributed by atoms with Crippen LogP contribution in [0.5, 0.6) is 11.5 Å². The molecule has 0 amide bonds. The van der Waals surface area contributed by atoms with E-state index in [1.165, 1.54) is 0 Å². The maximum Gasteiger partial charge on any atom is 0.231 e. The Bertz CT molecular complexity index is 549. The Hall–Kier alpha value is -2.00. The summed E-state index contributed by atoms with van der Waals surface area (Å²) in [6.07, 6.45) is 0. The Morgan fingerprint density at radius 1 is 0.941 bits per heavy atom. The molecule has 0 atom stereocenters. The number of aliphatic hydroxyl groups is 1. The zero-order valence-electron chi connectivity index (χ0n) is 9.22. The van der Waals surface area contributed by atoms with Crippen molar-refractivity contribution in [3.05, 3.63) is 48.0 Å². The Kier molecular flexibility index (Phi) is 2.46. The van der Waals surface area contributed by atoms with Gasteiger partial charge in [0.15, 0.2) is 11.5 Å². The molecule has 2 aromatic rings. The first-order valence-corrected chi connectivity index (χ1v) is 5.46. The standard InChI is InChI=1S/C14H12O3/c15-8-10-2-1-3-11(6-10)12-4-5-13-14(7-12)17-9-16-13/h1-7,15H,8-9H2. The summed E-state index contributed by atoms with van der Waals surface area (Å²) >= 11 is 0. The van der Waals surface area contributed by atoms with Gasteiger partial charge in [0.1, 0.15) is 0 Å². The summed E-state index contributed by atoms with van der Waals surface area (Å²) in [6.45, 7) is 0.341. The van der Waals surface area contributed by atoms with E-state index in [9.17, 15) is 0 Å². The normalized spacial score (nSPS) is 12.8. The van der Waals surface area contributed by atoms with Gasteiger partial charge in [0.25, 0.3) is 0 Å². The molecule has 17 heavy (non-hydrogen) atoms. The quantitative estimate of drug-likeness (QED) is 0.858. The summed E-state index contributed by atoms with van der Waals surface area (Å²) in [4.78, 5) is 0. The van der Waals surface area contributed by atoms with E-state index in [0.29, 0.717) is 0 Å². The molecule has 3 heteroatoms. The monoisotopic (exact) mass is 228 g/mol. The molecule has 1 aliphatic rings. The van der Waals surface area contributed by atoms with Crippen molar-refractivity contribution in [1.29, 1.82) is 0 Å². The van der Waals surface area contributed by atoms with Crippen molar-refractivity contribution in [1.82, 2.24) is 0 Å². The highest BCUT2D eigenvalue weighted by Crippen LogP contribution is 2.35. The van der Waals surface area contributed by atoms with E-state index in [2.05, 4.69) is 0 Å².